The van der Waals surface area contributed by atoms with E-state index in [1.807, 2.05) is 31.3 Å². The molecule has 2 aromatic rings. The Balaban J connectivity index is 2.39. The summed E-state index contributed by atoms with van der Waals surface area (Å²) < 4.78 is 7.27. The van der Waals surface area contributed by atoms with Crippen LogP contribution in [0.5, 0.6) is 11.5 Å². The monoisotopic (exact) mass is 347 g/mol. The van der Waals surface area contributed by atoms with Crippen LogP contribution in [0.25, 0.3) is 0 Å². The van der Waals surface area contributed by atoms with E-state index in [-0.39, 0.29) is 5.41 Å². The largest absolute Gasteiger partial charge is 0.457 e. The SMILES string of the molecule is CNCc1cc(Br)ccc1Oc1ccccc1C(C)(C)C. The van der Waals surface area contributed by atoms with Gasteiger partial charge in [0.05, 0.1) is 0 Å². The fourth-order valence-electron chi connectivity index (χ4n) is 2.27. The molecule has 0 amide bonds. The van der Waals surface area contributed by atoms with Crippen molar-refractivity contribution in [3.05, 3.63) is 58.1 Å². The number of para-hydroxylation sites is 1. The van der Waals surface area contributed by atoms with E-state index >= 15 is 0 Å². The molecule has 21 heavy (non-hydrogen) atoms. The summed E-state index contributed by atoms with van der Waals surface area (Å²) in [6, 6.07) is 14.3. The minimum Gasteiger partial charge on any atom is -0.457 e. The van der Waals surface area contributed by atoms with Crippen LogP contribution in [0.4, 0.5) is 0 Å². The third-order valence-electron chi connectivity index (χ3n) is 3.30. The summed E-state index contributed by atoms with van der Waals surface area (Å²) >= 11 is 3.51. The zero-order valence-electron chi connectivity index (χ0n) is 13.0. The Morgan fingerprint density at radius 2 is 1.76 bits per heavy atom. The van der Waals surface area contributed by atoms with Crippen molar-refractivity contribution in [2.75, 3.05) is 7.05 Å². The molecule has 0 heterocycles. The summed E-state index contributed by atoms with van der Waals surface area (Å²) in [5.41, 5.74) is 2.40. The maximum absolute atomic E-state index is 6.21. The summed E-state index contributed by atoms with van der Waals surface area (Å²) in [5.74, 6) is 1.81. The average molecular weight is 348 g/mol. The lowest BCUT2D eigenvalue weighted by atomic mass is 9.86. The van der Waals surface area contributed by atoms with E-state index in [0.717, 1.165) is 28.1 Å². The van der Waals surface area contributed by atoms with Crippen molar-refractivity contribution in [2.24, 2.45) is 0 Å². The highest BCUT2D eigenvalue weighted by Gasteiger charge is 2.19. The van der Waals surface area contributed by atoms with Gasteiger partial charge in [0, 0.05) is 22.1 Å². The van der Waals surface area contributed by atoms with Crippen LogP contribution in [-0.2, 0) is 12.0 Å². The van der Waals surface area contributed by atoms with Crippen molar-refractivity contribution in [3.8, 4) is 11.5 Å². The van der Waals surface area contributed by atoms with Gasteiger partial charge in [-0.15, -0.1) is 0 Å². The van der Waals surface area contributed by atoms with Gasteiger partial charge in [-0.1, -0.05) is 54.9 Å². The van der Waals surface area contributed by atoms with Crippen molar-refractivity contribution in [1.29, 1.82) is 0 Å². The first-order valence-electron chi connectivity index (χ1n) is 7.12. The normalized spacial score (nSPS) is 11.5. The maximum Gasteiger partial charge on any atom is 0.132 e. The smallest absolute Gasteiger partial charge is 0.132 e. The molecule has 0 bridgehead atoms. The van der Waals surface area contributed by atoms with Gasteiger partial charge in [-0.25, -0.2) is 0 Å². The zero-order chi connectivity index (χ0) is 15.5. The van der Waals surface area contributed by atoms with E-state index in [1.54, 1.807) is 0 Å². The summed E-state index contributed by atoms with van der Waals surface area (Å²) in [6.45, 7) is 7.37. The van der Waals surface area contributed by atoms with Gasteiger partial charge in [-0.3, -0.25) is 0 Å². The molecular weight excluding hydrogens is 326 g/mol. The molecule has 2 nitrogen and oxygen atoms in total. The average Bonchev–Trinajstić information content (AvgIpc) is 2.41. The van der Waals surface area contributed by atoms with E-state index in [1.165, 1.54) is 5.56 Å². The van der Waals surface area contributed by atoms with E-state index in [0.29, 0.717) is 0 Å². The molecule has 112 valence electrons. The third kappa shape index (κ3) is 4.08. The summed E-state index contributed by atoms with van der Waals surface area (Å²) in [4.78, 5) is 0. The quantitative estimate of drug-likeness (QED) is 0.814. The fourth-order valence-corrected chi connectivity index (χ4v) is 2.68. The molecule has 0 unspecified atom stereocenters. The van der Waals surface area contributed by atoms with Gasteiger partial charge in [0.1, 0.15) is 11.5 Å². The van der Waals surface area contributed by atoms with Gasteiger partial charge in [0.2, 0.25) is 0 Å². The van der Waals surface area contributed by atoms with Gasteiger partial charge < -0.3 is 10.1 Å². The van der Waals surface area contributed by atoms with E-state index in [9.17, 15) is 0 Å². The topological polar surface area (TPSA) is 21.3 Å². The van der Waals surface area contributed by atoms with Crippen LogP contribution in [0.15, 0.2) is 46.9 Å². The van der Waals surface area contributed by atoms with Gasteiger partial charge in [-0.05, 0) is 36.7 Å². The first kappa shape index (κ1) is 16.1. The number of nitrogens with one attached hydrogen (secondary N) is 1. The van der Waals surface area contributed by atoms with E-state index in [4.69, 9.17) is 4.74 Å². The zero-order valence-corrected chi connectivity index (χ0v) is 14.6. The standard InChI is InChI=1S/C18H22BrNO/c1-18(2,3)15-7-5-6-8-17(15)21-16-10-9-14(19)11-13(16)12-20-4/h5-11,20H,12H2,1-4H3. The minimum atomic E-state index is 0.0507. The van der Waals surface area contributed by atoms with Crippen molar-refractivity contribution in [3.63, 3.8) is 0 Å². The molecular formula is C18H22BrNO. The van der Waals surface area contributed by atoms with Gasteiger partial charge in [-0.2, -0.15) is 0 Å². The lowest BCUT2D eigenvalue weighted by Crippen LogP contribution is -2.13. The predicted octanol–water partition coefficient (Wildman–Crippen LogP) is 5.26. The van der Waals surface area contributed by atoms with Crippen LogP contribution in [0.1, 0.15) is 31.9 Å². The van der Waals surface area contributed by atoms with Crippen molar-refractivity contribution in [2.45, 2.75) is 32.7 Å². The van der Waals surface area contributed by atoms with Crippen LogP contribution in [-0.4, -0.2) is 7.05 Å². The number of halogens is 1. The molecule has 0 atom stereocenters. The van der Waals surface area contributed by atoms with Crippen LogP contribution < -0.4 is 10.1 Å². The summed E-state index contributed by atoms with van der Waals surface area (Å²) in [6.07, 6.45) is 0. The van der Waals surface area contributed by atoms with E-state index < -0.39 is 0 Å². The summed E-state index contributed by atoms with van der Waals surface area (Å²) in [5, 5.41) is 3.18. The van der Waals surface area contributed by atoms with Crippen LogP contribution in [0, 0.1) is 0 Å². The molecule has 0 saturated carbocycles. The number of benzene rings is 2. The lowest BCUT2D eigenvalue weighted by molar-refractivity contribution is 0.449. The third-order valence-corrected chi connectivity index (χ3v) is 3.80. The van der Waals surface area contributed by atoms with Crippen LogP contribution in [0.2, 0.25) is 0 Å². The molecule has 0 aromatic heterocycles. The van der Waals surface area contributed by atoms with Gasteiger partial charge >= 0.3 is 0 Å². The second-order valence-electron chi connectivity index (χ2n) is 6.13. The molecule has 2 aromatic carbocycles. The first-order chi connectivity index (χ1) is 9.91. The molecule has 3 heteroatoms. The second kappa shape index (κ2) is 6.63. The van der Waals surface area contributed by atoms with Gasteiger partial charge in [0.15, 0.2) is 0 Å². The Kier molecular flexibility index (Phi) is 5.07. The predicted molar refractivity (Wildman–Crippen MR) is 92.1 cm³/mol. The molecule has 0 aliphatic rings. The van der Waals surface area contributed by atoms with Crippen molar-refractivity contribution < 1.29 is 4.74 Å². The molecule has 0 aliphatic heterocycles. The molecule has 0 fully saturated rings. The molecule has 0 saturated heterocycles. The molecule has 1 N–H and O–H groups in total. The highest BCUT2D eigenvalue weighted by Crippen LogP contribution is 2.35. The number of ether oxygens (including phenoxy) is 1. The lowest BCUT2D eigenvalue weighted by Gasteiger charge is -2.23. The first-order valence-corrected chi connectivity index (χ1v) is 7.91. The Morgan fingerprint density at radius 3 is 2.43 bits per heavy atom. The Labute approximate surface area is 135 Å². The Morgan fingerprint density at radius 1 is 1.05 bits per heavy atom. The van der Waals surface area contributed by atoms with Crippen LogP contribution >= 0.6 is 15.9 Å². The highest BCUT2D eigenvalue weighted by atomic mass is 79.9. The molecule has 2 rings (SSSR count). The fraction of sp³-hybridized carbons (Fsp3) is 0.333. The number of hydrogen-bond acceptors (Lipinski definition) is 2. The molecule has 0 radical (unpaired) electrons. The Hall–Kier alpha value is -1.32. The van der Waals surface area contributed by atoms with E-state index in [2.05, 4.69) is 60.2 Å². The molecule has 0 spiro atoms. The number of rotatable bonds is 4. The molecule has 0 aliphatic carbocycles. The second-order valence-corrected chi connectivity index (χ2v) is 7.05. The minimum absolute atomic E-state index is 0.0507. The number of hydrogen-bond donors (Lipinski definition) is 1. The van der Waals surface area contributed by atoms with Crippen molar-refractivity contribution in [1.82, 2.24) is 5.32 Å². The summed E-state index contributed by atoms with van der Waals surface area (Å²) in [7, 11) is 1.94. The Bertz CT molecular complexity index is 617. The highest BCUT2D eigenvalue weighted by molar-refractivity contribution is 9.10. The van der Waals surface area contributed by atoms with Crippen LogP contribution in [0.3, 0.4) is 0 Å². The van der Waals surface area contributed by atoms with Gasteiger partial charge in [0.25, 0.3) is 0 Å². The van der Waals surface area contributed by atoms with Crippen molar-refractivity contribution >= 4 is 15.9 Å². The maximum atomic E-state index is 6.21.